The van der Waals surface area contributed by atoms with Crippen LogP contribution in [0.2, 0.25) is 0 Å². The number of hydrogen-bond acceptors (Lipinski definition) is 1. The van der Waals surface area contributed by atoms with Crippen molar-refractivity contribution in [1.82, 2.24) is 0 Å². The lowest BCUT2D eigenvalue weighted by Gasteiger charge is -2.28. The van der Waals surface area contributed by atoms with E-state index in [4.69, 9.17) is 5.73 Å². The van der Waals surface area contributed by atoms with Gasteiger partial charge in [-0.25, -0.2) is 0 Å². The van der Waals surface area contributed by atoms with Gasteiger partial charge < -0.3 is 5.73 Å². The third-order valence-electron chi connectivity index (χ3n) is 2.90. The van der Waals surface area contributed by atoms with E-state index < -0.39 is 34.9 Å². The van der Waals surface area contributed by atoms with Crippen molar-refractivity contribution in [2.75, 3.05) is 0 Å². The minimum absolute atomic E-state index is 0.0961. The molecule has 0 heterocycles. The predicted molar refractivity (Wildman–Crippen MR) is 62.8 cm³/mol. The summed E-state index contributed by atoms with van der Waals surface area (Å²) < 4.78 is 76.1. The number of nitrogens with two attached hydrogens (primary N) is 1. The zero-order valence-electron chi connectivity index (χ0n) is 11.2. The first-order chi connectivity index (χ1) is 8.73. The van der Waals surface area contributed by atoms with E-state index in [0.717, 1.165) is 0 Å². The van der Waals surface area contributed by atoms with Crippen molar-refractivity contribution in [2.24, 2.45) is 11.1 Å². The van der Waals surface area contributed by atoms with E-state index in [1.165, 1.54) is 0 Å². The van der Waals surface area contributed by atoms with Crippen LogP contribution >= 0.6 is 0 Å². The average Bonchev–Trinajstić information content (AvgIpc) is 2.23. The van der Waals surface area contributed by atoms with E-state index in [2.05, 4.69) is 0 Å². The number of rotatable bonds is 1. The minimum atomic E-state index is -4.85. The van der Waals surface area contributed by atoms with Crippen LogP contribution < -0.4 is 5.73 Å². The molecule has 0 bridgehead atoms. The van der Waals surface area contributed by atoms with Gasteiger partial charge in [0.1, 0.15) is 0 Å². The molecule has 0 aliphatic rings. The molecule has 0 aliphatic carbocycles. The van der Waals surface area contributed by atoms with E-state index in [0.29, 0.717) is 12.1 Å². The summed E-state index contributed by atoms with van der Waals surface area (Å²) in [4.78, 5) is 0. The molecular weight excluding hydrogens is 284 g/mol. The lowest BCUT2D eigenvalue weighted by atomic mass is 9.82. The second-order valence-corrected chi connectivity index (χ2v) is 5.68. The van der Waals surface area contributed by atoms with Crippen molar-refractivity contribution >= 4 is 0 Å². The predicted octanol–water partition coefficient (Wildman–Crippen LogP) is 4.77. The zero-order chi connectivity index (χ0) is 15.9. The molecule has 0 aromatic heterocycles. The first-order valence-corrected chi connectivity index (χ1v) is 5.78. The summed E-state index contributed by atoms with van der Waals surface area (Å²) in [6.07, 6.45) is -9.71. The van der Waals surface area contributed by atoms with E-state index in [9.17, 15) is 26.3 Å². The number of benzene rings is 1. The van der Waals surface area contributed by atoms with Crippen molar-refractivity contribution in [1.29, 1.82) is 0 Å². The van der Waals surface area contributed by atoms with E-state index in [-0.39, 0.29) is 11.6 Å². The Morgan fingerprint density at radius 1 is 0.800 bits per heavy atom. The summed E-state index contributed by atoms with van der Waals surface area (Å²) in [7, 11) is 0. The largest absolute Gasteiger partial charge is 0.416 e. The minimum Gasteiger partial charge on any atom is -0.324 e. The van der Waals surface area contributed by atoms with Crippen LogP contribution in [-0.2, 0) is 12.4 Å². The Kier molecular flexibility index (Phi) is 4.16. The lowest BCUT2D eigenvalue weighted by Crippen LogP contribution is -2.27. The maximum Gasteiger partial charge on any atom is 0.416 e. The lowest BCUT2D eigenvalue weighted by molar-refractivity contribution is -0.143. The molecule has 1 rings (SSSR count). The second-order valence-electron chi connectivity index (χ2n) is 5.68. The second kappa shape index (κ2) is 4.95. The molecule has 0 radical (unpaired) electrons. The highest BCUT2D eigenvalue weighted by molar-refractivity contribution is 5.35. The number of alkyl halides is 6. The van der Waals surface area contributed by atoms with Gasteiger partial charge in [0.05, 0.1) is 11.1 Å². The number of hydrogen-bond donors (Lipinski definition) is 1. The SMILES string of the molecule is CC(C)(C)[C@H](N)c1cc(C(F)(F)F)cc(C(F)(F)F)c1. The van der Waals surface area contributed by atoms with E-state index >= 15 is 0 Å². The van der Waals surface area contributed by atoms with Gasteiger partial charge in [-0.15, -0.1) is 0 Å². The average molecular weight is 299 g/mol. The summed E-state index contributed by atoms with van der Waals surface area (Å²) in [6.45, 7) is 4.93. The Morgan fingerprint density at radius 3 is 1.40 bits per heavy atom. The molecule has 20 heavy (non-hydrogen) atoms. The van der Waals surface area contributed by atoms with Crippen molar-refractivity contribution in [2.45, 2.75) is 39.2 Å². The van der Waals surface area contributed by atoms with Crippen LogP contribution in [0.25, 0.3) is 0 Å². The molecular formula is C13H15F6N. The smallest absolute Gasteiger partial charge is 0.324 e. The molecule has 0 saturated heterocycles. The summed E-state index contributed by atoms with van der Waals surface area (Å²) in [5, 5.41) is 0. The normalized spacial score (nSPS) is 15.3. The molecule has 0 fully saturated rings. The van der Waals surface area contributed by atoms with Gasteiger partial charge in [-0.1, -0.05) is 20.8 Å². The van der Waals surface area contributed by atoms with Crippen LogP contribution in [0.15, 0.2) is 18.2 Å². The highest BCUT2D eigenvalue weighted by Crippen LogP contribution is 2.39. The summed E-state index contributed by atoms with van der Waals surface area (Å²) in [6, 6.07) is 0.501. The van der Waals surface area contributed by atoms with Crippen molar-refractivity contribution in [3.8, 4) is 0 Å². The molecule has 1 aromatic carbocycles. The molecule has 7 heteroatoms. The van der Waals surface area contributed by atoms with E-state index in [1.54, 1.807) is 20.8 Å². The first kappa shape index (κ1) is 16.8. The van der Waals surface area contributed by atoms with E-state index in [1.807, 2.05) is 0 Å². The molecule has 0 unspecified atom stereocenters. The Hall–Kier alpha value is -1.24. The Labute approximate surface area is 112 Å². The maximum atomic E-state index is 12.7. The van der Waals surface area contributed by atoms with Crippen LogP contribution in [0.1, 0.15) is 43.5 Å². The van der Waals surface area contributed by atoms with Crippen molar-refractivity contribution in [3.05, 3.63) is 34.9 Å². The zero-order valence-corrected chi connectivity index (χ0v) is 11.2. The molecule has 0 saturated carbocycles. The molecule has 1 nitrogen and oxygen atoms in total. The van der Waals surface area contributed by atoms with Gasteiger partial charge in [0.25, 0.3) is 0 Å². The topological polar surface area (TPSA) is 26.0 Å². The van der Waals surface area contributed by atoms with Crippen LogP contribution in [0.4, 0.5) is 26.3 Å². The van der Waals surface area contributed by atoms with Crippen LogP contribution in [-0.4, -0.2) is 0 Å². The Bertz CT molecular complexity index is 449. The standard InChI is InChI=1S/C13H15F6N/c1-11(2,3)10(20)7-4-8(12(14,15)16)6-9(5-7)13(17,18)19/h4-6,10H,20H2,1-3H3/t10-/m1/s1. The monoisotopic (exact) mass is 299 g/mol. The molecule has 2 N–H and O–H groups in total. The molecule has 114 valence electrons. The van der Waals surface area contributed by atoms with Gasteiger partial charge >= 0.3 is 12.4 Å². The molecule has 0 aliphatic heterocycles. The highest BCUT2D eigenvalue weighted by atomic mass is 19.4. The van der Waals surface area contributed by atoms with Gasteiger partial charge in [0.2, 0.25) is 0 Å². The molecule has 1 atom stereocenters. The fourth-order valence-electron chi connectivity index (χ4n) is 1.66. The third kappa shape index (κ3) is 3.88. The first-order valence-electron chi connectivity index (χ1n) is 5.78. The van der Waals surface area contributed by atoms with Crippen LogP contribution in [0.5, 0.6) is 0 Å². The Morgan fingerprint density at radius 2 is 1.15 bits per heavy atom. The van der Waals surface area contributed by atoms with Gasteiger partial charge in [0, 0.05) is 6.04 Å². The quantitative estimate of drug-likeness (QED) is 0.743. The maximum absolute atomic E-state index is 12.7. The van der Waals surface area contributed by atoms with Gasteiger partial charge in [0.15, 0.2) is 0 Å². The Balaban J connectivity index is 3.47. The van der Waals surface area contributed by atoms with Crippen molar-refractivity contribution < 1.29 is 26.3 Å². The highest BCUT2D eigenvalue weighted by Gasteiger charge is 2.38. The van der Waals surface area contributed by atoms with Gasteiger partial charge in [-0.2, -0.15) is 26.3 Å². The fraction of sp³-hybridized carbons (Fsp3) is 0.538. The van der Waals surface area contributed by atoms with Crippen LogP contribution in [0, 0.1) is 5.41 Å². The summed E-state index contributed by atoms with van der Waals surface area (Å²) in [5.74, 6) is 0. The molecule has 0 amide bonds. The van der Waals surface area contributed by atoms with Gasteiger partial charge in [-0.3, -0.25) is 0 Å². The fourth-order valence-corrected chi connectivity index (χ4v) is 1.66. The summed E-state index contributed by atoms with van der Waals surface area (Å²) in [5.41, 5.74) is 2.23. The molecule has 1 aromatic rings. The van der Waals surface area contributed by atoms with Crippen molar-refractivity contribution in [3.63, 3.8) is 0 Å². The van der Waals surface area contributed by atoms with Gasteiger partial charge in [-0.05, 0) is 29.2 Å². The molecule has 0 spiro atoms. The third-order valence-corrected chi connectivity index (χ3v) is 2.90. The summed E-state index contributed by atoms with van der Waals surface area (Å²) >= 11 is 0. The number of halogens is 6. The van der Waals surface area contributed by atoms with Crippen LogP contribution in [0.3, 0.4) is 0 Å².